The molecule has 0 saturated carbocycles. The Bertz CT molecular complexity index is 121. The van der Waals surface area contributed by atoms with Crippen molar-refractivity contribution in [2.24, 2.45) is 17.2 Å². The van der Waals surface area contributed by atoms with Crippen molar-refractivity contribution in [3.63, 3.8) is 0 Å². The summed E-state index contributed by atoms with van der Waals surface area (Å²) in [7, 11) is 0. The predicted octanol–water partition coefficient (Wildman–Crippen LogP) is -2.31. The van der Waals surface area contributed by atoms with Gasteiger partial charge in [0, 0.05) is 0 Å². The van der Waals surface area contributed by atoms with Crippen LogP contribution in [0, 0.1) is 0 Å². The first kappa shape index (κ1) is 22.5. The number of rotatable bonds is 0. The van der Waals surface area contributed by atoms with E-state index in [4.69, 9.17) is 29.7 Å². The molecule has 0 aliphatic heterocycles. The van der Waals surface area contributed by atoms with E-state index in [0.717, 1.165) is 0 Å². The van der Waals surface area contributed by atoms with Crippen LogP contribution in [-0.2, 0) is 0 Å². The molecule has 0 spiro atoms. The summed E-state index contributed by atoms with van der Waals surface area (Å²) in [6.45, 7) is 0. The third kappa shape index (κ3) is 273. The molecule has 80 valence electrons. The van der Waals surface area contributed by atoms with Gasteiger partial charge in [0.05, 0.1) is 0 Å². The summed E-state index contributed by atoms with van der Waals surface area (Å²) in [6, 6.07) is 0. The predicted molar refractivity (Wildman–Crippen MR) is 46.6 cm³/mol. The zero-order valence-electron chi connectivity index (χ0n) is 6.51. The minimum absolute atomic E-state index is 0. The van der Waals surface area contributed by atoms with Gasteiger partial charge < -0.3 is 32.5 Å². The standard InChI is InChI=1S/3CH3NO2.AsH3/c3*2-1(3)4;/h3*2H2,(H,3,4);1H3. The Balaban J connectivity index is -0.0000000450. The fourth-order valence-corrected chi connectivity index (χ4v) is 0. The molecule has 1 atom stereocenters. The number of hydrogen-bond acceptors (Lipinski definition) is 3. The van der Waals surface area contributed by atoms with Crippen LogP contribution in [0.2, 0.25) is 0 Å². The number of hydrogen-bond donors (Lipinski definition) is 6. The number of carboxylic acid groups (broad SMARTS) is 3. The van der Waals surface area contributed by atoms with E-state index in [1.54, 1.807) is 0 Å². The van der Waals surface area contributed by atoms with E-state index < -0.39 is 18.3 Å². The van der Waals surface area contributed by atoms with Gasteiger partial charge in [0.25, 0.3) is 0 Å². The summed E-state index contributed by atoms with van der Waals surface area (Å²) in [5, 5.41) is 21.6. The fourth-order valence-electron chi connectivity index (χ4n) is 0. The summed E-state index contributed by atoms with van der Waals surface area (Å²) in [4.78, 5) is 26.3. The van der Waals surface area contributed by atoms with E-state index in [1.807, 2.05) is 0 Å². The Morgan fingerprint density at radius 1 is 0.692 bits per heavy atom. The first-order chi connectivity index (χ1) is 5.20. The van der Waals surface area contributed by atoms with Gasteiger partial charge >= 0.3 is 36.2 Å². The van der Waals surface area contributed by atoms with Crippen molar-refractivity contribution >= 4 is 36.2 Å². The van der Waals surface area contributed by atoms with Crippen molar-refractivity contribution in [2.75, 3.05) is 0 Å². The van der Waals surface area contributed by atoms with Crippen molar-refractivity contribution in [3.05, 3.63) is 0 Å². The average Bonchev–Trinajstić information content (AvgIpc) is 1.54. The molecule has 1 unspecified atom stereocenters. The van der Waals surface area contributed by atoms with Crippen molar-refractivity contribution < 1.29 is 29.7 Å². The summed E-state index contributed by atoms with van der Waals surface area (Å²) >= 11 is 0. The van der Waals surface area contributed by atoms with Crippen LogP contribution in [0.3, 0.4) is 0 Å². The third-order valence-corrected chi connectivity index (χ3v) is 0. The molecule has 0 radical (unpaired) electrons. The Hall–Kier alpha value is -1.63. The Kier molecular flexibility index (Phi) is 29.0. The molecule has 9 N–H and O–H groups in total. The zero-order chi connectivity index (χ0) is 10.7. The van der Waals surface area contributed by atoms with E-state index in [1.165, 1.54) is 0 Å². The third-order valence-electron chi connectivity index (χ3n) is 0. The number of amides is 3. The Labute approximate surface area is 83.8 Å². The van der Waals surface area contributed by atoms with Gasteiger partial charge in [0.15, 0.2) is 0 Å². The van der Waals surface area contributed by atoms with E-state index >= 15 is 0 Å². The van der Waals surface area contributed by atoms with Crippen molar-refractivity contribution in [3.8, 4) is 0 Å². The van der Waals surface area contributed by atoms with Gasteiger partial charge in [-0.3, -0.25) is 0 Å². The summed E-state index contributed by atoms with van der Waals surface area (Å²) in [6.07, 6.45) is -4.00. The SMILES string of the molecule is NC(=O)O.NC(=O)O.NC(=O)O.[AsH3]. The maximum atomic E-state index is 8.78. The molecular weight excluding hydrogens is 249 g/mol. The Morgan fingerprint density at radius 3 is 0.692 bits per heavy atom. The van der Waals surface area contributed by atoms with Gasteiger partial charge in [-0.15, -0.1) is 0 Å². The Morgan fingerprint density at radius 2 is 0.692 bits per heavy atom. The van der Waals surface area contributed by atoms with Gasteiger partial charge in [-0.05, 0) is 0 Å². The van der Waals surface area contributed by atoms with Gasteiger partial charge in [0.2, 0.25) is 0 Å². The normalized spacial score (nSPS) is 5.54. The maximum absolute atomic E-state index is 8.78. The molecule has 10 heteroatoms. The molecule has 9 nitrogen and oxygen atoms in total. The van der Waals surface area contributed by atoms with Crippen LogP contribution in [-0.4, -0.2) is 51.6 Å². The van der Waals surface area contributed by atoms with E-state index in [2.05, 4.69) is 17.2 Å². The number of nitrogens with two attached hydrogens (primary N) is 3. The van der Waals surface area contributed by atoms with Crippen molar-refractivity contribution in [1.82, 2.24) is 0 Å². The average molecular weight is 261 g/mol. The van der Waals surface area contributed by atoms with Gasteiger partial charge in [-0.25, -0.2) is 14.4 Å². The topological polar surface area (TPSA) is 190 Å². The zero-order valence-corrected chi connectivity index (χ0v) is 9.47. The van der Waals surface area contributed by atoms with Gasteiger partial charge in [0.1, 0.15) is 0 Å². The van der Waals surface area contributed by atoms with Crippen LogP contribution in [0.5, 0.6) is 0 Å². The van der Waals surface area contributed by atoms with Gasteiger partial charge in [-0.2, -0.15) is 0 Å². The molecule has 0 bridgehead atoms. The molecule has 13 heavy (non-hydrogen) atoms. The second-order valence-corrected chi connectivity index (χ2v) is 1.01. The van der Waals surface area contributed by atoms with Crippen molar-refractivity contribution in [2.45, 2.75) is 0 Å². The number of carbonyl (C=O) groups is 3. The number of primary amides is 3. The molecule has 0 saturated heterocycles. The summed E-state index contributed by atoms with van der Waals surface area (Å²) < 4.78 is 0. The first-order valence-electron chi connectivity index (χ1n) is 2.15. The van der Waals surface area contributed by atoms with Crippen LogP contribution in [0.1, 0.15) is 0 Å². The molecule has 0 aliphatic carbocycles. The van der Waals surface area contributed by atoms with Gasteiger partial charge in [-0.1, -0.05) is 0 Å². The van der Waals surface area contributed by atoms with Crippen LogP contribution in [0.25, 0.3) is 0 Å². The summed E-state index contributed by atoms with van der Waals surface area (Å²) in [5.74, 6) is 0. The van der Waals surface area contributed by atoms with E-state index in [9.17, 15) is 0 Å². The van der Waals surface area contributed by atoms with Crippen LogP contribution < -0.4 is 17.2 Å². The molecule has 0 aromatic carbocycles. The van der Waals surface area contributed by atoms with Crippen LogP contribution in [0.4, 0.5) is 14.4 Å². The molecule has 3 amide bonds. The summed E-state index contributed by atoms with van der Waals surface area (Å²) in [5.41, 5.74) is 12.1. The molecule has 0 aliphatic rings. The quantitative estimate of drug-likeness (QED) is 0.265. The molecule has 0 fully saturated rings. The van der Waals surface area contributed by atoms with Crippen LogP contribution in [0.15, 0.2) is 0 Å². The second-order valence-electron chi connectivity index (χ2n) is 1.01. The molecule has 0 rings (SSSR count). The van der Waals surface area contributed by atoms with E-state index in [0.29, 0.717) is 0 Å². The fraction of sp³-hybridized carbons (Fsp3) is 0. The monoisotopic (exact) mass is 261 g/mol. The second kappa shape index (κ2) is 16.8. The molecule has 0 heterocycles. The van der Waals surface area contributed by atoms with E-state index in [-0.39, 0.29) is 18.0 Å². The minimum atomic E-state index is -1.33. The molecule has 0 aromatic rings. The molecular formula is C3H12AsN3O6. The first-order valence-corrected chi connectivity index (χ1v) is 2.15. The van der Waals surface area contributed by atoms with Crippen LogP contribution >= 0.6 is 0 Å². The molecule has 0 aromatic heterocycles. The van der Waals surface area contributed by atoms with Crippen molar-refractivity contribution in [1.29, 1.82) is 0 Å².